The van der Waals surface area contributed by atoms with Crippen LogP contribution < -0.4 is 10.2 Å². The van der Waals surface area contributed by atoms with E-state index in [1.165, 1.54) is 38.5 Å². The second-order valence-electron chi connectivity index (χ2n) is 10.2. The Hall–Kier alpha value is -2.27. The normalized spacial score (nSPS) is 21.1. The third kappa shape index (κ3) is 6.65. The first-order chi connectivity index (χ1) is 18.1. The molecule has 1 saturated heterocycles. The summed E-state index contributed by atoms with van der Waals surface area (Å²) in [5, 5.41) is 0. The van der Waals surface area contributed by atoms with Gasteiger partial charge in [0.2, 0.25) is 0 Å². The van der Waals surface area contributed by atoms with Crippen LogP contribution in [0.15, 0.2) is 24.3 Å². The third-order valence-electron chi connectivity index (χ3n) is 7.53. The van der Waals surface area contributed by atoms with Gasteiger partial charge >= 0.3 is 13.2 Å². The van der Waals surface area contributed by atoms with Crippen molar-refractivity contribution in [1.82, 2.24) is 0 Å². The minimum absolute atomic E-state index is 0.128. The van der Waals surface area contributed by atoms with Gasteiger partial charge in [0.1, 0.15) is 22.9 Å². The first-order valence-corrected chi connectivity index (χ1v) is 13.0. The number of hydrogen-bond donors (Lipinski definition) is 0. The van der Waals surface area contributed by atoms with Crippen molar-refractivity contribution in [2.24, 2.45) is 17.8 Å². The molecular formula is C27H30BF7O3. The van der Waals surface area contributed by atoms with E-state index in [2.05, 4.69) is 11.7 Å². The molecule has 0 aromatic heterocycles. The Balaban J connectivity index is 1.36. The predicted octanol–water partition coefficient (Wildman–Crippen LogP) is 7.26. The summed E-state index contributed by atoms with van der Waals surface area (Å²) in [5.74, 6) is -8.62. The lowest BCUT2D eigenvalue weighted by atomic mass is 9.72. The van der Waals surface area contributed by atoms with Gasteiger partial charge in [-0.2, -0.15) is 8.78 Å². The molecule has 208 valence electrons. The Morgan fingerprint density at radius 3 is 1.95 bits per heavy atom. The van der Waals surface area contributed by atoms with Crippen molar-refractivity contribution in [2.45, 2.75) is 64.4 Å². The minimum Gasteiger partial charge on any atom is -0.429 e. The van der Waals surface area contributed by atoms with Crippen LogP contribution in [0.25, 0.3) is 0 Å². The summed E-state index contributed by atoms with van der Waals surface area (Å²) in [6.45, 7) is 2.83. The Morgan fingerprint density at radius 1 is 0.816 bits per heavy atom. The van der Waals surface area contributed by atoms with Crippen LogP contribution in [0, 0.1) is 46.8 Å². The number of unbranched alkanes of at least 4 members (excludes halogenated alkanes) is 2. The number of halogens is 7. The van der Waals surface area contributed by atoms with E-state index in [4.69, 9.17) is 9.31 Å². The van der Waals surface area contributed by atoms with E-state index in [0.717, 1.165) is 18.8 Å². The summed E-state index contributed by atoms with van der Waals surface area (Å²) < 4.78 is 114. The van der Waals surface area contributed by atoms with Crippen molar-refractivity contribution < 1.29 is 44.8 Å². The predicted molar refractivity (Wildman–Crippen MR) is 128 cm³/mol. The smallest absolute Gasteiger partial charge is 0.429 e. The molecule has 2 aromatic rings. The zero-order valence-electron chi connectivity index (χ0n) is 21.1. The average molecular weight is 546 g/mol. The molecule has 0 radical (unpaired) electrons. The van der Waals surface area contributed by atoms with Gasteiger partial charge in [0.15, 0.2) is 17.5 Å². The summed E-state index contributed by atoms with van der Waals surface area (Å²) in [7, 11) is -1.13. The van der Waals surface area contributed by atoms with E-state index < -0.39 is 53.6 Å². The topological polar surface area (TPSA) is 27.7 Å². The number of alkyl halides is 2. The number of hydrogen-bond acceptors (Lipinski definition) is 3. The highest BCUT2D eigenvalue weighted by Gasteiger charge is 2.43. The van der Waals surface area contributed by atoms with Gasteiger partial charge in [-0.3, -0.25) is 0 Å². The second kappa shape index (κ2) is 12.3. The molecule has 11 heteroatoms. The zero-order chi connectivity index (χ0) is 27.4. The highest BCUT2D eigenvalue weighted by Crippen LogP contribution is 2.38. The monoisotopic (exact) mass is 546 g/mol. The van der Waals surface area contributed by atoms with Crippen molar-refractivity contribution >= 4 is 12.6 Å². The van der Waals surface area contributed by atoms with Crippen LogP contribution in [-0.4, -0.2) is 20.3 Å². The first kappa shape index (κ1) is 28.7. The lowest BCUT2D eigenvalue weighted by molar-refractivity contribution is -0.189. The van der Waals surface area contributed by atoms with Gasteiger partial charge in [0, 0.05) is 31.3 Å². The molecule has 0 amide bonds. The van der Waals surface area contributed by atoms with Gasteiger partial charge in [-0.25, -0.2) is 22.0 Å². The molecule has 0 unspecified atom stereocenters. The maximum Gasteiger partial charge on any atom is 0.494 e. The molecule has 0 N–H and O–H groups in total. The Labute approximate surface area is 217 Å². The molecule has 0 spiro atoms. The molecule has 1 heterocycles. The lowest BCUT2D eigenvalue weighted by Crippen LogP contribution is -2.47. The summed E-state index contributed by atoms with van der Waals surface area (Å²) >= 11 is 0. The van der Waals surface area contributed by atoms with Crippen molar-refractivity contribution in [3.63, 3.8) is 0 Å². The van der Waals surface area contributed by atoms with Crippen molar-refractivity contribution in [3.8, 4) is 5.75 Å². The fraction of sp³-hybridized carbons (Fsp3) is 0.556. The molecule has 38 heavy (non-hydrogen) atoms. The number of benzene rings is 2. The lowest BCUT2D eigenvalue weighted by Gasteiger charge is -2.37. The fourth-order valence-electron chi connectivity index (χ4n) is 5.41. The molecule has 2 aromatic carbocycles. The first-order valence-electron chi connectivity index (χ1n) is 13.0. The summed E-state index contributed by atoms with van der Waals surface area (Å²) in [4.78, 5) is 0. The molecule has 1 aliphatic carbocycles. The van der Waals surface area contributed by atoms with Crippen LogP contribution in [0.4, 0.5) is 30.7 Å². The van der Waals surface area contributed by atoms with Gasteiger partial charge in [-0.05, 0) is 42.3 Å². The molecule has 3 nitrogen and oxygen atoms in total. The van der Waals surface area contributed by atoms with Crippen LogP contribution in [-0.2, 0) is 15.4 Å². The van der Waals surface area contributed by atoms with Crippen LogP contribution in [0.1, 0.15) is 63.9 Å². The van der Waals surface area contributed by atoms with Crippen molar-refractivity contribution in [2.75, 3.05) is 13.2 Å². The van der Waals surface area contributed by atoms with Gasteiger partial charge in [0.25, 0.3) is 0 Å². The minimum atomic E-state index is -4.65. The van der Waals surface area contributed by atoms with E-state index >= 15 is 0 Å². The average Bonchev–Trinajstić information content (AvgIpc) is 2.87. The highest BCUT2D eigenvalue weighted by molar-refractivity contribution is 6.61. The SMILES string of the molecule is CCCCCC1CCC(C2COB(c3cc(F)c(C(F)(F)Oc4cc(F)c(F)c(F)c4)c(F)c3)OC2)CC1. The van der Waals surface area contributed by atoms with E-state index in [9.17, 15) is 30.7 Å². The number of rotatable bonds is 9. The Bertz CT molecular complexity index is 1050. The van der Waals surface area contributed by atoms with Crippen LogP contribution >= 0.6 is 0 Å². The van der Waals surface area contributed by atoms with Crippen molar-refractivity contribution in [3.05, 3.63) is 58.9 Å². The maximum absolute atomic E-state index is 14.7. The van der Waals surface area contributed by atoms with Crippen LogP contribution in [0.2, 0.25) is 0 Å². The van der Waals surface area contributed by atoms with Gasteiger partial charge < -0.3 is 14.0 Å². The summed E-state index contributed by atoms with van der Waals surface area (Å²) in [6, 6.07) is 1.59. The second-order valence-corrected chi connectivity index (χ2v) is 10.2. The molecular weight excluding hydrogens is 516 g/mol. The largest absolute Gasteiger partial charge is 0.494 e. The van der Waals surface area contributed by atoms with E-state index in [0.29, 0.717) is 31.3 Å². The van der Waals surface area contributed by atoms with Gasteiger partial charge in [0.05, 0.1) is 0 Å². The van der Waals surface area contributed by atoms with E-state index in [1.54, 1.807) is 0 Å². The summed E-state index contributed by atoms with van der Waals surface area (Å²) in [6.07, 6.45) is 4.82. The maximum atomic E-state index is 14.7. The number of ether oxygens (including phenoxy) is 1. The molecule has 2 fully saturated rings. The Kier molecular flexibility index (Phi) is 9.29. The third-order valence-corrected chi connectivity index (χ3v) is 7.53. The molecule has 0 bridgehead atoms. The van der Waals surface area contributed by atoms with Gasteiger partial charge in [-0.15, -0.1) is 0 Å². The molecule has 0 atom stereocenters. The highest BCUT2D eigenvalue weighted by atomic mass is 19.3. The van der Waals surface area contributed by atoms with Crippen molar-refractivity contribution in [1.29, 1.82) is 0 Å². The van der Waals surface area contributed by atoms with Gasteiger partial charge in [-0.1, -0.05) is 45.4 Å². The van der Waals surface area contributed by atoms with E-state index in [1.807, 2.05) is 0 Å². The van der Waals surface area contributed by atoms with E-state index in [-0.39, 0.29) is 23.5 Å². The Morgan fingerprint density at radius 2 is 1.39 bits per heavy atom. The van der Waals surface area contributed by atoms with Crippen LogP contribution in [0.3, 0.4) is 0 Å². The summed E-state index contributed by atoms with van der Waals surface area (Å²) in [5.41, 5.74) is -1.90. The fourth-order valence-corrected chi connectivity index (χ4v) is 5.41. The van der Waals surface area contributed by atoms with Crippen LogP contribution in [0.5, 0.6) is 5.75 Å². The standard InChI is InChI=1S/C27H30BF7O3/c1-2-3-4-5-16-6-8-17(9-7-16)18-14-36-28(37-15-18)19-10-21(29)25(22(30)11-19)27(34,35)38-20-12-23(31)26(33)24(32)13-20/h10-13,16-18H,2-9,14-15H2,1H3. The molecule has 2 aliphatic rings. The zero-order valence-corrected chi connectivity index (χ0v) is 21.1. The molecule has 4 rings (SSSR count). The molecule has 1 saturated carbocycles. The molecule has 1 aliphatic heterocycles. The quantitative estimate of drug-likeness (QED) is 0.144.